The largest absolute Gasteiger partial charge is 0.458 e. The van der Waals surface area contributed by atoms with E-state index in [4.69, 9.17) is 14.2 Å². The Morgan fingerprint density at radius 1 is 0.955 bits per heavy atom. The van der Waals surface area contributed by atoms with Crippen molar-refractivity contribution >= 4 is 11.9 Å². The summed E-state index contributed by atoms with van der Waals surface area (Å²) in [4.78, 5) is 29.1. The Labute approximate surface area is 259 Å². The monoisotopic (exact) mass is 599 g/mol. The van der Waals surface area contributed by atoms with Crippen LogP contribution in [0.5, 0.6) is 0 Å². The first kappa shape index (κ1) is 30.5. The van der Waals surface area contributed by atoms with Gasteiger partial charge in [-0.25, -0.2) is 9.18 Å². The fourth-order valence-corrected chi connectivity index (χ4v) is 7.40. The highest BCUT2D eigenvalue weighted by Gasteiger charge is 2.76. The molecule has 0 amide bonds. The first-order chi connectivity index (χ1) is 21.1. The van der Waals surface area contributed by atoms with Gasteiger partial charge in [-0.15, -0.1) is 0 Å². The molecule has 0 spiro atoms. The minimum atomic E-state index is -1.27. The second-order valence-corrected chi connectivity index (χ2v) is 13.4. The van der Waals surface area contributed by atoms with E-state index in [9.17, 15) is 14.0 Å². The maximum absolute atomic E-state index is 14.0. The molecule has 0 unspecified atom stereocenters. The molecule has 2 heterocycles. The Bertz CT molecular complexity index is 1420. The molecule has 4 atom stereocenters. The number of halogens is 1. The summed E-state index contributed by atoms with van der Waals surface area (Å²) in [5, 5.41) is 0. The van der Waals surface area contributed by atoms with E-state index in [0.717, 1.165) is 29.7 Å². The number of hydrogen-bond donors (Lipinski definition) is 0. The number of likely N-dealkylation sites (tertiary alicyclic amines) is 1. The number of nitrogens with zero attached hydrogens (tertiary/aromatic N) is 1. The van der Waals surface area contributed by atoms with Crippen molar-refractivity contribution in [3.63, 3.8) is 0 Å². The Kier molecular flexibility index (Phi) is 8.38. The molecule has 2 saturated heterocycles. The van der Waals surface area contributed by atoms with E-state index in [1.807, 2.05) is 57.2 Å². The lowest BCUT2D eigenvalue weighted by molar-refractivity contribution is -0.191. The van der Waals surface area contributed by atoms with Crippen molar-refractivity contribution in [2.75, 3.05) is 19.7 Å². The number of esters is 2. The van der Waals surface area contributed by atoms with Crippen LogP contribution in [0.4, 0.5) is 4.39 Å². The highest BCUT2D eigenvalue weighted by atomic mass is 19.1. The molecule has 6 rings (SSSR count). The number of carbonyl (C=O) groups excluding carboxylic acids is 2. The topological polar surface area (TPSA) is 65.1 Å². The average Bonchev–Trinajstić information content (AvgIpc) is 3.32. The molecule has 3 aromatic carbocycles. The van der Waals surface area contributed by atoms with E-state index in [1.165, 1.54) is 12.1 Å². The molecule has 0 N–H and O–H groups in total. The number of carbonyl (C=O) groups is 2. The Hall–Kier alpha value is -3.55. The number of fused-ring (bicyclic) bond motifs is 2. The molecule has 1 aliphatic carbocycles. The fourth-order valence-electron chi connectivity index (χ4n) is 7.40. The highest BCUT2D eigenvalue weighted by molar-refractivity contribution is 5.93. The third-order valence-electron chi connectivity index (χ3n) is 10.7. The van der Waals surface area contributed by atoms with Crippen LogP contribution in [0.2, 0.25) is 0 Å². The van der Waals surface area contributed by atoms with Gasteiger partial charge in [-0.3, -0.25) is 9.69 Å². The zero-order valence-corrected chi connectivity index (χ0v) is 25.8. The van der Waals surface area contributed by atoms with Gasteiger partial charge in [0.25, 0.3) is 0 Å². The molecule has 232 valence electrons. The number of rotatable bonds is 10. The van der Waals surface area contributed by atoms with Crippen LogP contribution in [0.15, 0.2) is 84.9 Å². The molecule has 44 heavy (non-hydrogen) atoms. The minimum absolute atomic E-state index is 0.0695. The standard InChI is InChI=1S/C37H42FNO5/c1-35(2)36(3)20-21-37(35,44-33(36)40)34(41)43-31-25-39(24-26-14-16-30(38)17-15-26)22-18-27(31)19-23-42-32(28-10-6-4-7-11-28)29-12-8-5-9-13-29/h4-17,27,31-32H,18-25H2,1-3H3/t27-,31-,36-,37+/m0/s1. The normalized spacial score (nSPS) is 27.8. The van der Waals surface area contributed by atoms with Gasteiger partial charge in [-0.1, -0.05) is 86.6 Å². The van der Waals surface area contributed by atoms with Crippen LogP contribution in [0.1, 0.15) is 69.2 Å². The molecule has 3 fully saturated rings. The molecule has 1 saturated carbocycles. The van der Waals surface area contributed by atoms with Crippen molar-refractivity contribution in [2.24, 2.45) is 16.7 Å². The molecule has 0 aromatic heterocycles. The first-order valence-corrected chi connectivity index (χ1v) is 15.8. The third-order valence-corrected chi connectivity index (χ3v) is 10.7. The lowest BCUT2D eigenvalue weighted by Gasteiger charge is -2.41. The van der Waals surface area contributed by atoms with E-state index in [-0.39, 0.29) is 23.8 Å². The van der Waals surface area contributed by atoms with Crippen molar-refractivity contribution < 1.29 is 28.2 Å². The molecule has 7 heteroatoms. The van der Waals surface area contributed by atoms with Gasteiger partial charge in [0, 0.05) is 31.0 Å². The molecular formula is C37H42FNO5. The van der Waals surface area contributed by atoms with Crippen molar-refractivity contribution in [1.29, 1.82) is 0 Å². The van der Waals surface area contributed by atoms with Crippen molar-refractivity contribution in [3.05, 3.63) is 107 Å². The molecular weight excluding hydrogens is 557 g/mol. The molecule has 2 aliphatic heterocycles. The number of ether oxygens (including phenoxy) is 3. The summed E-state index contributed by atoms with van der Waals surface area (Å²) < 4.78 is 32.3. The number of piperidine rings is 1. The Morgan fingerprint density at radius 3 is 2.16 bits per heavy atom. The summed E-state index contributed by atoms with van der Waals surface area (Å²) in [6.45, 7) is 8.29. The molecule has 3 aromatic rings. The third kappa shape index (κ3) is 5.45. The van der Waals surface area contributed by atoms with E-state index in [0.29, 0.717) is 39.0 Å². The Balaban J connectivity index is 1.18. The van der Waals surface area contributed by atoms with Gasteiger partial charge in [-0.2, -0.15) is 0 Å². The summed E-state index contributed by atoms with van der Waals surface area (Å²) in [6, 6.07) is 26.9. The molecule has 2 bridgehead atoms. The van der Waals surface area contributed by atoms with Crippen LogP contribution >= 0.6 is 0 Å². The lowest BCUT2D eigenvalue weighted by atomic mass is 9.66. The summed E-state index contributed by atoms with van der Waals surface area (Å²) in [6.07, 6.45) is 2.00. The van der Waals surface area contributed by atoms with Crippen LogP contribution < -0.4 is 0 Å². The van der Waals surface area contributed by atoms with Crippen LogP contribution in [0.25, 0.3) is 0 Å². The van der Waals surface area contributed by atoms with Gasteiger partial charge < -0.3 is 14.2 Å². The minimum Gasteiger partial charge on any atom is -0.458 e. The Morgan fingerprint density at radius 2 is 1.59 bits per heavy atom. The molecule has 3 aliphatic rings. The maximum atomic E-state index is 14.0. The molecule has 6 nitrogen and oxygen atoms in total. The zero-order chi connectivity index (χ0) is 31.0. The smallest absolute Gasteiger partial charge is 0.351 e. The van der Waals surface area contributed by atoms with Gasteiger partial charge in [-0.05, 0) is 68.0 Å². The first-order valence-electron chi connectivity index (χ1n) is 15.8. The average molecular weight is 600 g/mol. The quantitative estimate of drug-likeness (QED) is 0.237. The van der Waals surface area contributed by atoms with Crippen LogP contribution in [0.3, 0.4) is 0 Å². The lowest BCUT2D eigenvalue weighted by Crippen LogP contribution is -2.53. The van der Waals surface area contributed by atoms with E-state index in [2.05, 4.69) is 29.2 Å². The van der Waals surface area contributed by atoms with E-state index in [1.54, 1.807) is 12.1 Å². The molecule has 0 radical (unpaired) electrons. The summed E-state index contributed by atoms with van der Waals surface area (Å²) in [7, 11) is 0. The fraction of sp³-hybridized carbons (Fsp3) is 0.459. The van der Waals surface area contributed by atoms with E-state index >= 15 is 0 Å². The van der Waals surface area contributed by atoms with Crippen LogP contribution in [-0.4, -0.2) is 48.2 Å². The van der Waals surface area contributed by atoms with Gasteiger partial charge in [0.2, 0.25) is 5.60 Å². The summed E-state index contributed by atoms with van der Waals surface area (Å²) >= 11 is 0. The SMILES string of the molecule is CC1(C)[C@@]2(C)CC[C@]1(C(=O)O[C@H]1CN(Cc3ccc(F)cc3)CC[C@H]1CCOC(c1ccccc1)c1ccccc1)OC2=O. The summed E-state index contributed by atoms with van der Waals surface area (Å²) in [5.74, 6) is -0.951. The van der Waals surface area contributed by atoms with E-state index < -0.39 is 28.5 Å². The maximum Gasteiger partial charge on any atom is 0.351 e. The summed E-state index contributed by atoms with van der Waals surface area (Å²) in [5.41, 5.74) is 0.528. The predicted molar refractivity (Wildman–Crippen MR) is 165 cm³/mol. The van der Waals surface area contributed by atoms with Crippen LogP contribution in [0, 0.1) is 22.6 Å². The second kappa shape index (κ2) is 12.1. The van der Waals surface area contributed by atoms with Crippen molar-refractivity contribution in [2.45, 2.75) is 70.8 Å². The van der Waals surface area contributed by atoms with Crippen molar-refractivity contribution in [3.8, 4) is 0 Å². The zero-order valence-electron chi connectivity index (χ0n) is 25.8. The van der Waals surface area contributed by atoms with Crippen LogP contribution in [-0.2, 0) is 30.3 Å². The van der Waals surface area contributed by atoms with Gasteiger partial charge in [0.1, 0.15) is 18.0 Å². The van der Waals surface area contributed by atoms with Gasteiger partial charge in [0.15, 0.2) is 0 Å². The predicted octanol–water partition coefficient (Wildman–Crippen LogP) is 6.88. The van der Waals surface area contributed by atoms with Crippen molar-refractivity contribution in [1.82, 2.24) is 4.90 Å². The van der Waals surface area contributed by atoms with Gasteiger partial charge >= 0.3 is 11.9 Å². The number of benzene rings is 3. The second-order valence-electron chi connectivity index (χ2n) is 13.4. The van der Waals surface area contributed by atoms with Gasteiger partial charge in [0.05, 0.1) is 5.41 Å². The highest BCUT2D eigenvalue weighted by Crippen LogP contribution is 2.66. The number of hydrogen-bond acceptors (Lipinski definition) is 6.